The average Bonchev–Trinajstić information content (AvgIpc) is 2.37. The molecule has 7 heteroatoms. The molecule has 1 amide bonds. The fourth-order valence-electron chi connectivity index (χ4n) is 1.29. The van der Waals surface area contributed by atoms with Crippen molar-refractivity contribution in [3.63, 3.8) is 0 Å². The molecule has 0 aromatic heterocycles. The molecule has 2 N–H and O–H groups in total. The Morgan fingerprint density at radius 2 is 1.95 bits per heavy atom. The van der Waals surface area contributed by atoms with Gasteiger partial charge >= 0.3 is 25.0 Å². The number of nitrogens with one attached hydrogen (secondary N) is 1. The normalized spacial score (nSPS) is 11.0. The molecular formula is C12H14LiNO5. The van der Waals surface area contributed by atoms with Gasteiger partial charge in [0.25, 0.3) is 0 Å². The SMILES string of the molecule is O=C(N[C@@H](CCO)C(=O)[O-])OCc1ccccc1.[Li+]. The molecule has 0 saturated carbocycles. The summed E-state index contributed by atoms with van der Waals surface area (Å²) in [6.45, 7) is -0.316. The van der Waals surface area contributed by atoms with Gasteiger partial charge in [0.2, 0.25) is 0 Å². The zero-order valence-electron chi connectivity index (χ0n) is 10.7. The first kappa shape index (κ1) is 17.5. The van der Waals surface area contributed by atoms with E-state index in [1.54, 1.807) is 24.3 Å². The summed E-state index contributed by atoms with van der Waals surface area (Å²) in [6, 6.07) is 7.72. The summed E-state index contributed by atoms with van der Waals surface area (Å²) < 4.78 is 4.83. The first-order valence-electron chi connectivity index (χ1n) is 5.42. The second kappa shape index (κ2) is 9.45. The van der Waals surface area contributed by atoms with E-state index in [0.29, 0.717) is 0 Å². The Kier molecular flexibility index (Phi) is 8.71. The van der Waals surface area contributed by atoms with Crippen LogP contribution in [0.3, 0.4) is 0 Å². The number of aliphatic carboxylic acids is 1. The van der Waals surface area contributed by atoms with Gasteiger partial charge < -0.3 is 25.1 Å². The summed E-state index contributed by atoms with van der Waals surface area (Å²) in [7, 11) is 0. The predicted octanol–water partition coefficient (Wildman–Crippen LogP) is -3.58. The third-order valence-corrected chi connectivity index (χ3v) is 2.21. The Morgan fingerprint density at radius 3 is 2.47 bits per heavy atom. The molecular weight excluding hydrogens is 245 g/mol. The van der Waals surface area contributed by atoms with Crippen molar-refractivity contribution in [2.24, 2.45) is 0 Å². The minimum Gasteiger partial charge on any atom is -0.548 e. The molecule has 19 heavy (non-hydrogen) atoms. The summed E-state index contributed by atoms with van der Waals surface area (Å²) in [6.07, 6.45) is -0.982. The van der Waals surface area contributed by atoms with Crippen LogP contribution < -0.4 is 29.3 Å². The quantitative estimate of drug-likeness (QED) is 0.515. The number of aliphatic hydroxyl groups is 1. The molecule has 6 nitrogen and oxygen atoms in total. The number of carboxylic acids is 1. The molecule has 1 atom stereocenters. The van der Waals surface area contributed by atoms with Crippen LogP contribution in [0.25, 0.3) is 0 Å². The fourth-order valence-corrected chi connectivity index (χ4v) is 1.29. The van der Waals surface area contributed by atoms with Crippen LogP contribution >= 0.6 is 0 Å². The van der Waals surface area contributed by atoms with Gasteiger partial charge in [0, 0.05) is 6.61 Å². The van der Waals surface area contributed by atoms with E-state index in [2.05, 4.69) is 5.32 Å². The number of hydrogen-bond acceptors (Lipinski definition) is 5. The van der Waals surface area contributed by atoms with Gasteiger partial charge in [-0.1, -0.05) is 30.3 Å². The summed E-state index contributed by atoms with van der Waals surface area (Å²) >= 11 is 0. The number of alkyl carbamates (subject to hydrolysis) is 1. The zero-order chi connectivity index (χ0) is 13.4. The maximum Gasteiger partial charge on any atom is 1.00 e. The molecule has 0 aliphatic carbocycles. The molecule has 0 saturated heterocycles. The van der Waals surface area contributed by atoms with E-state index in [-0.39, 0.29) is 38.5 Å². The summed E-state index contributed by atoms with van der Waals surface area (Å²) in [5.74, 6) is -1.46. The molecule has 0 spiro atoms. The first-order valence-corrected chi connectivity index (χ1v) is 5.42. The second-order valence-electron chi connectivity index (χ2n) is 3.59. The van der Waals surface area contributed by atoms with Crippen LogP contribution in [0.4, 0.5) is 4.79 Å². The molecule has 0 bridgehead atoms. The van der Waals surface area contributed by atoms with Gasteiger partial charge in [-0.05, 0) is 12.0 Å². The Hall–Kier alpha value is -1.48. The van der Waals surface area contributed by atoms with Crippen LogP contribution in [0.1, 0.15) is 12.0 Å². The molecule has 0 unspecified atom stereocenters. The van der Waals surface area contributed by atoms with Gasteiger partial charge in [-0.3, -0.25) is 0 Å². The standard InChI is InChI=1S/C12H15NO5.Li/c14-7-6-10(11(15)16)13-12(17)18-8-9-4-2-1-3-5-9;/h1-5,10,14H,6-8H2,(H,13,17)(H,15,16);/q;+1/p-1/t10-;/m0./s1. The molecule has 1 aromatic carbocycles. The number of benzene rings is 1. The fraction of sp³-hybridized carbons (Fsp3) is 0.333. The molecule has 1 rings (SSSR count). The number of amides is 1. The van der Waals surface area contributed by atoms with Crippen LogP contribution in [0.2, 0.25) is 0 Å². The maximum atomic E-state index is 11.3. The number of carboxylic acid groups (broad SMARTS) is 1. The molecule has 0 aliphatic rings. The minimum absolute atomic E-state index is 0. The Morgan fingerprint density at radius 1 is 1.32 bits per heavy atom. The van der Waals surface area contributed by atoms with Crippen molar-refractivity contribution in [2.75, 3.05) is 6.61 Å². The van der Waals surface area contributed by atoms with Crippen molar-refractivity contribution in [3.8, 4) is 0 Å². The average molecular weight is 259 g/mol. The van der Waals surface area contributed by atoms with Gasteiger partial charge in [-0.25, -0.2) is 4.79 Å². The Balaban J connectivity index is 0.00000324. The minimum atomic E-state index is -1.46. The third kappa shape index (κ3) is 6.87. The van der Waals surface area contributed by atoms with E-state index in [0.717, 1.165) is 5.56 Å². The van der Waals surface area contributed by atoms with E-state index in [9.17, 15) is 14.7 Å². The predicted molar refractivity (Wildman–Crippen MR) is 60.3 cm³/mol. The van der Waals surface area contributed by atoms with Crippen molar-refractivity contribution in [3.05, 3.63) is 35.9 Å². The molecule has 98 valence electrons. The maximum absolute atomic E-state index is 11.3. The molecule has 0 radical (unpaired) electrons. The Labute approximate surface area is 122 Å². The van der Waals surface area contributed by atoms with Crippen molar-refractivity contribution in [1.82, 2.24) is 5.32 Å². The number of rotatable bonds is 6. The van der Waals surface area contributed by atoms with Crippen molar-refractivity contribution in [2.45, 2.75) is 19.1 Å². The van der Waals surface area contributed by atoms with Gasteiger partial charge in [0.1, 0.15) is 6.61 Å². The van der Waals surface area contributed by atoms with Crippen LogP contribution in [-0.4, -0.2) is 29.8 Å². The van der Waals surface area contributed by atoms with Crippen LogP contribution in [0, 0.1) is 0 Å². The van der Waals surface area contributed by atoms with Crippen molar-refractivity contribution in [1.29, 1.82) is 0 Å². The number of carbonyl (C=O) groups excluding carboxylic acids is 2. The van der Waals surface area contributed by atoms with E-state index in [1.165, 1.54) is 0 Å². The second-order valence-corrected chi connectivity index (χ2v) is 3.59. The van der Waals surface area contributed by atoms with Gasteiger partial charge in [0.05, 0.1) is 12.0 Å². The molecule has 0 fully saturated rings. The van der Waals surface area contributed by atoms with Gasteiger partial charge in [-0.15, -0.1) is 0 Å². The number of aliphatic hydroxyl groups excluding tert-OH is 1. The van der Waals surface area contributed by atoms with Crippen molar-refractivity contribution >= 4 is 12.1 Å². The smallest absolute Gasteiger partial charge is 0.548 e. The van der Waals surface area contributed by atoms with E-state index in [4.69, 9.17) is 9.84 Å². The summed E-state index contributed by atoms with van der Waals surface area (Å²) in [5.41, 5.74) is 0.791. The Bertz CT molecular complexity index is 398. The van der Waals surface area contributed by atoms with E-state index < -0.39 is 18.1 Å². The zero-order valence-corrected chi connectivity index (χ0v) is 10.7. The van der Waals surface area contributed by atoms with E-state index >= 15 is 0 Å². The molecule has 0 heterocycles. The monoisotopic (exact) mass is 259 g/mol. The third-order valence-electron chi connectivity index (χ3n) is 2.21. The number of ether oxygens (including phenoxy) is 1. The van der Waals surface area contributed by atoms with Crippen LogP contribution in [-0.2, 0) is 16.1 Å². The molecule has 0 aliphatic heterocycles. The topological polar surface area (TPSA) is 98.7 Å². The van der Waals surface area contributed by atoms with Crippen LogP contribution in [0.5, 0.6) is 0 Å². The largest absolute Gasteiger partial charge is 1.00 e. The van der Waals surface area contributed by atoms with Crippen molar-refractivity contribution < 1.29 is 43.4 Å². The number of hydrogen-bond donors (Lipinski definition) is 2. The number of carbonyl (C=O) groups is 2. The van der Waals surface area contributed by atoms with E-state index in [1.807, 2.05) is 6.07 Å². The van der Waals surface area contributed by atoms with Gasteiger partial charge in [0.15, 0.2) is 0 Å². The summed E-state index contributed by atoms with van der Waals surface area (Å²) in [5, 5.41) is 21.3. The van der Waals surface area contributed by atoms with Gasteiger partial charge in [-0.2, -0.15) is 0 Å². The van der Waals surface area contributed by atoms with Crippen LogP contribution in [0.15, 0.2) is 30.3 Å². The molecule has 1 aromatic rings. The first-order chi connectivity index (χ1) is 8.63. The summed E-state index contributed by atoms with van der Waals surface area (Å²) in [4.78, 5) is 21.9.